The zero-order valence-corrected chi connectivity index (χ0v) is 17.4. The van der Waals surface area contributed by atoms with Gasteiger partial charge in [-0.15, -0.1) is 11.6 Å². The summed E-state index contributed by atoms with van der Waals surface area (Å²) >= 11 is 5.19. The fraction of sp³-hybridized carbons (Fsp3) is 0.391. The van der Waals surface area contributed by atoms with E-state index in [2.05, 4.69) is 25.7 Å². The molecule has 0 unspecified atom stereocenters. The second kappa shape index (κ2) is 16.5. The van der Waals surface area contributed by atoms with Crippen molar-refractivity contribution in [2.75, 3.05) is 19.1 Å². The molecule has 1 aromatic rings. The molecule has 144 valence electrons. The molecule has 0 saturated heterocycles. The van der Waals surface area contributed by atoms with Crippen LogP contribution in [-0.2, 0) is 4.74 Å². The summed E-state index contributed by atoms with van der Waals surface area (Å²) in [7, 11) is 0. The van der Waals surface area contributed by atoms with Gasteiger partial charge in [0.1, 0.15) is 24.7 Å². The van der Waals surface area contributed by atoms with Gasteiger partial charge in [-0.05, 0) is 50.5 Å². The number of hydrogen-bond acceptors (Lipinski definition) is 2. The average molecular weight is 377 g/mol. The van der Waals surface area contributed by atoms with Crippen molar-refractivity contribution >= 4 is 11.6 Å². The van der Waals surface area contributed by atoms with Crippen LogP contribution in [-0.4, -0.2) is 19.1 Å². The number of hydrogen-bond donors (Lipinski definition) is 0. The van der Waals surface area contributed by atoms with Gasteiger partial charge in [-0.1, -0.05) is 56.9 Å². The smallest absolute Gasteiger partial charge is 0.122 e. The molecule has 2 nitrogen and oxygen atoms in total. The van der Waals surface area contributed by atoms with E-state index in [9.17, 15) is 0 Å². The SMILES string of the molecule is C=C/C(C)=C(/C=C\CC)C(=C/C)\OCCOc1ccccc1.CCCCl. The van der Waals surface area contributed by atoms with E-state index >= 15 is 0 Å². The molecular formula is C23H33ClO2. The largest absolute Gasteiger partial charge is 0.490 e. The Labute approximate surface area is 164 Å². The van der Waals surface area contributed by atoms with Gasteiger partial charge in [-0.2, -0.15) is 0 Å². The van der Waals surface area contributed by atoms with Crippen molar-refractivity contribution in [2.45, 2.75) is 40.5 Å². The third kappa shape index (κ3) is 10.8. The summed E-state index contributed by atoms with van der Waals surface area (Å²) in [6.07, 6.45) is 10.1. The number of para-hydroxylation sites is 1. The van der Waals surface area contributed by atoms with Gasteiger partial charge in [0.25, 0.3) is 0 Å². The molecule has 3 heteroatoms. The lowest BCUT2D eigenvalue weighted by Gasteiger charge is -2.14. The lowest BCUT2D eigenvalue weighted by atomic mass is 10.1. The molecule has 0 aliphatic heterocycles. The Morgan fingerprint density at radius 1 is 1.15 bits per heavy atom. The Bertz CT molecular complexity index is 569. The Morgan fingerprint density at radius 3 is 2.31 bits per heavy atom. The summed E-state index contributed by atoms with van der Waals surface area (Å²) in [6, 6.07) is 9.76. The first kappa shape index (κ1) is 24.1. The van der Waals surface area contributed by atoms with Crippen molar-refractivity contribution in [3.8, 4) is 5.75 Å². The highest BCUT2D eigenvalue weighted by atomic mass is 35.5. The van der Waals surface area contributed by atoms with Gasteiger partial charge in [0.05, 0.1) is 0 Å². The normalized spacial score (nSPS) is 12.1. The summed E-state index contributed by atoms with van der Waals surface area (Å²) in [4.78, 5) is 0. The number of benzene rings is 1. The highest BCUT2D eigenvalue weighted by Crippen LogP contribution is 2.19. The van der Waals surface area contributed by atoms with Gasteiger partial charge in [-0.25, -0.2) is 0 Å². The molecule has 0 aliphatic carbocycles. The van der Waals surface area contributed by atoms with Gasteiger partial charge < -0.3 is 9.47 Å². The minimum atomic E-state index is 0.502. The van der Waals surface area contributed by atoms with E-state index in [1.807, 2.05) is 63.3 Å². The predicted molar refractivity (Wildman–Crippen MR) is 115 cm³/mol. The minimum Gasteiger partial charge on any atom is -0.490 e. The first-order chi connectivity index (χ1) is 12.6. The van der Waals surface area contributed by atoms with Gasteiger partial charge >= 0.3 is 0 Å². The van der Waals surface area contributed by atoms with Crippen molar-refractivity contribution in [2.24, 2.45) is 0 Å². The summed E-state index contributed by atoms with van der Waals surface area (Å²) in [5.74, 6) is 2.51. The molecule has 1 aromatic carbocycles. The summed E-state index contributed by atoms with van der Waals surface area (Å²) in [5, 5.41) is 0. The van der Waals surface area contributed by atoms with E-state index in [1.54, 1.807) is 0 Å². The maximum atomic E-state index is 5.87. The summed E-state index contributed by atoms with van der Waals surface area (Å²) in [6.45, 7) is 13.0. The van der Waals surface area contributed by atoms with Crippen LogP contribution < -0.4 is 4.74 Å². The van der Waals surface area contributed by atoms with Crippen molar-refractivity contribution in [1.29, 1.82) is 0 Å². The number of ether oxygens (including phenoxy) is 2. The molecule has 0 bridgehead atoms. The molecule has 0 spiro atoms. The van der Waals surface area contributed by atoms with Crippen LogP contribution in [0.3, 0.4) is 0 Å². The van der Waals surface area contributed by atoms with Crippen LogP contribution in [0.2, 0.25) is 0 Å². The van der Waals surface area contributed by atoms with E-state index in [0.29, 0.717) is 13.2 Å². The maximum absolute atomic E-state index is 5.87. The van der Waals surface area contributed by atoms with Crippen LogP contribution in [0.25, 0.3) is 0 Å². The lowest BCUT2D eigenvalue weighted by molar-refractivity contribution is 0.161. The van der Waals surface area contributed by atoms with Crippen LogP contribution in [0.15, 0.2) is 78.1 Å². The first-order valence-electron chi connectivity index (χ1n) is 9.17. The standard InChI is InChI=1S/C20H26O2.C3H7Cl/c1-5-8-14-19(17(4)6-2)20(7-3)22-16-15-21-18-12-10-9-11-13-18;1-2-3-4/h6-14H,2,5,15-16H2,1,3-4H3;2-3H2,1H3/b14-8-,19-17-,20-7+;. The van der Waals surface area contributed by atoms with E-state index in [-0.39, 0.29) is 0 Å². The Kier molecular flexibility index (Phi) is 15.3. The molecule has 0 amide bonds. The predicted octanol–water partition coefficient (Wildman–Crippen LogP) is 7.09. The second-order valence-corrected chi connectivity index (χ2v) is 5.84. The van der Waals surface area contributed by atoms with E-state index < -0.39 is 0 Å². The number of alkyl halides is 1. The molecule has 0 saturated carbocycles. The molecule has 1 rings (SSSR count). The van der Waals surface area contributed by atoms with E-state index in [1.165, 1.54) is 0 Å². The molecule has 0 radical (unpaired) electrons. The van der Waals surface area contributed by atoms with Crippen molar-refractivity contribution in [3.05, 3.63) is 78.1 Å². The van der Waals surface area contributed by atoms with E-state index in [0.717, 1.165) is 41.4 Å². The first-order valence-corrected chi connectivity index (χ1v) is 9.71. The molecular weight excluding hydrogens is 344 g/mol. The molecule has 26 heavy (non-hydrogen) atoms. The van der Waals surface area contributed by atoms with Crippen molar-refractivity contribution < 1.29 is 9.47 Å². The Morgan fingerprint density at radius 2 is 1.81 bits per heavy atom. The summed E-state index contributed by atoms with van der Waals surface area (Å²) < 4.78 is 11.5. The zero-order chi connectivity index (χ0) is 19.6. The molecule has 0 aliphatic rings. The lowest BCUT2D eigenvalue weighted by Crippen LogP contribution is -2.07. The highest BCUT2D eigenvalue weighted by molar-refractivity contribution is 6.17. The van der Waals surface area contributed by atoms with Gasteiger partial charge in [0.15, 0.2) is 0 Å². The topological polar surface area (TPSA) is 18.5 Å². The number of allylic oxidation sites excluding steroid dienone is 5. The molecule has 0 fully saturated rings. The second-order valence-electron chi connectivity index (χ2n) is 5.46. The molecule has 0 N–H and O–H groups in total. The molecule has 0 aromatic heterocycles. The van der Waals surface area contributed by atoms with Gasteiger partial charge in [-0.3, -0.25) is 0 Å². The van der Waals surface area contributed by atoms with Crippen LogP contribution in [0, 0.1) is 0 Å². The Balaban J connectivity index is 0.00000141. The van der Waals surface area contributed by atoms with Crippen molar-refractivity contribution in [3.63, 3.8) is 0 Å². The zero-order valence-electron chi connectivity index (χ0n) is 16.6. The maximum Gasteiger partial charge on any atom is 0.122 e. The van der Waals surface area contributed by atoms with Gasteiger partial charge in [0, 0.05) is 11.5 Å². The van der Waals surface area contributed by atoms with Crippen LogP contribution >= 0.6 is 11.6 Å². The minimum absolute atomic E-state index is 0.502. The highest BCUT2D eigenvalue weighted by Gasteiger charge is 2.05. The van der Waals surface area contributed by atoms with Crippen LogP contribution in [0.1, 0.15) is 40.5 Å². The quantitative estimate of drug-likeness (QED) is 0.188. The number of rotatable bonds is 10. The van der Waals surface area contributed by atoms with Crippen LogP contribution in [0.4, 0.5) is 0 Å². The summed E-state index contributed by atoms with van der Waals surface area (Å²) in [5.41, 5.74) is 2.17. The van der Waals surface area contributed by atoms with E-state index in [4.69, 9.17) is 21.1 Å². The van der Waals surface area contributed by atoms with Crippen LogP contribution in [0.5, 0.6) is 5.75 Å². The molecule has 0 atom stereocenters. The number of halogens is 1. The fourth-order valence-corrected chi connectivity index (χ4v) is 1.90. The van der Waals surface area contributed by atoms with Gasteiger partial charge in [0.2, 0.25) is 0 Å². The third-order valence-electron chi connectivity index (χ3n) is 3.32. The average Bonchev–Trinajstić information content (AvgIpc) is 2.70. The molecule has 0 heterocycles. The fourth-order valence-electron chi connectivity index (χ4n) is 1.90. The Hall–Kier alpha value is -1.93. The third-order valence-corrected chi connectivity index (χ3v) is 3.70. The monoisotopic (exact) mass is 376 g/mol. The van der Waals surface area contributed by atoms with Crippen molar-refractivity contribution in [1.82, 2.24) is 0 Å².